The molecule has 0 amide bonds. The second kappa shape index (κ2) is 8.29. The van der Waals surface area contributed by atoms with Crippen molar-refractivity contribution in [2.45, 2.75) is 22.3 Å². The van der Waals surface area contributed by atoms with E-state index in [2.05, 4.69) is 83.8 Å². The molecule has 6 rings (SSSR count). The summed E-state index contributed by atoms with van der Waals surface area (Å²) >= 11 is 8.14. The van der Waals surface area contributed by atoms with Crippen LogP contribution in [-0.4, -0.2) is 5.84 Å². The molecule has 5 heteroatoms. The Morgan fingerprint density at radius 3 is 2.24 bits per heavy atom. The molecule has 4 aromatic rings. The third-order valence-corrected chi connectivity index (χ3v) is 7.77. The number of amidine groups is 1. The van der Waals surface area contributed by atoms with Crippen LogP contribution in [0, 0.1) is 0 Å². The molecule has 0 aliphatic carbocycles. The van der Waals surface area contributed by atoms with Crippen molar-refractivity contribution in [2.75, 3.05) is 4.90 Å². The van der Waals surface area contributed by atoms with Crippen molar-refractivity contribution in [3.05, 3.63) is 131 Å². The van der Waals surface area contributed by atoms with E-state index in [9.17, 15) is 0 Å². The quantitative estimate of drug-likeness (QED) is 0.309. The zero-order chi connectivity index (χ0) is 22.3. The molecule has 0 fully saturated rings. The molecular formula is C28H21ClN2OS. The van der Waals surface area contributed by atoms with Crippen molar-refractivity contribution in [3.63, 3.8) is 0 Å². The molecule has 0 N–H and O–H groups in total. The highest BCUT2D eigenvalue weighted by molar-refractivity contribution is 7.99. The van der Waals surface area contributed by atoms with Gasteiger partial charge in [0.1, 0.15) is 0 Å². The van der Waals surface area contributed by atoms with Crippen LogP contribution in [0.1, 0.15) is 28.4 Å². The summed E-state index contributed by atoms with van der Waals surface area (Å²) in [5.74, 6) is 0.812. The molecule has 0 saturated carbocycles. The average Bonchev–Trinajstić information content (AvgIpc) is 3.18. The highest BCUT2D eigenvalue weighted by atomic mass is 35.5. The Morgan fingerprint density at radius 1 is 0.818 bits per heavy atom. The van der Waals surface area contributed by atoms with Crippen LogP contribution >= 0.6 is 23.4 Å². The summed E-state index contributed by atoms with van der Waals surface area (Å²) < 4.78 is 0. The number of fused-ring (bicyclic) bond motifs is 3. The van der Waals surface area contributed by atoms with Crippen LogP contribution in [0.25, 0.3) is 0 Å². The van der Waals surface area contributed by atoms with Crippen molar-refractivity contribution in [1.29, 1.82) is 0 Å². The third kappa shape index (κ3) is 3.50. The molecule has 0 spiro atoms. The fourth-order valence-electron chi connectivity index (χ4n) is 4.63. The maximum atomic E-state index is 6.48. The van der Waals surface area contributed by atoms with Gasteiger partial charge in [-0.25, -0.2) is 0 Å². The van der Waals surface area contributed by atoms with Gasteiger partial charge < -0.3 is 4.84 Å². The Labute approximate surface area is 202 Å². The molecule has 0 bridgehead atoms. The van der Waals surface area contributed by atoms with E-state index in [1.807, 2.05) is 42.1 Å². The maximum Gasteiger partial charge on any atom is 0.242 e. The topological polar surface area (TPSA) is 24.8 Å². The normalized spacial score (nSPS) is 21.4. The summed E-state index contributed by atoms with van der Waals surface area (Å²) in [7, 11) is 0. The Balaban J connectivity index is 1.59. The summed E-state index contributed by atoms with van der Waals surface area (Å²) in [5, 5.41) is 5.57. The molecule has 0 aromatic heterocycles. The zero-order valence-electron chi connectivity index (χ0n) is 17.8. The monoisotopic (exact) mass is 468 g/mol. The van der Waals surface area contributed by atoms with Gasteiger partial charge in [-0.3, -0.25) is 4.90 Å². The number of para-hydroxylation sites is 1. The van der Waals surface area contributed by atoms with Crippen LogP contribution < -0.4 is 4.90 Å². The van der Waals surface area contributed by atoms with Gasteiger partial charge in [-0.15, -0.1) is 11.8 Å². The lowest BCUT2D eigenvalue weighted by atomic mass is 9.92. The van der Waals surface area contributed by atoms with Crippen LogP contribution in [0.5, 0.6) is 0 Å². The van der Waals surface area contributed by atoms with E-state index in [1.54, 1.807) is 0 Å². The van der Waals surface area contributed by atoms with Gasteiger partial charge in [0.25, 0.3) is 0 Å². The molecular weight excluding hydrogens is 448 g/mol. The van der Waals surface area contributed by atoms with E-state index in [-0.39, 0.29) is 5.25 Å². The van der Waals surface area contributed by atoms with Crippen LogP contribution in [0.15, 0.2) is 119 Å². The fourth-order valence-corrected chi connectivity index (χ4v) is 6.10. The summed E-state index contributed by atoms with van der Waals surface area (Å²) in [6.45, 7) is 0. The minimum Gasteiger partial charge on any atom is -0.360 e. The molecule has 0 saturated heterocycles. The van der Waals surface area contributed by atoms with E-state index in [1.165, 1.54) is 10.5 Å². The van der Waals surface area contributed by atoms with E-state index >= 15 is 0 Å². The van der Waals surface area contributed by atoms with Crippen molar-refractivity contribution < 1.29 is 4.84 Å². The Hall–Kier alpha value is -3.21. The van der Waals surface area contributed by atoms with Crippen LogP contribution in [0.2, 0.25) is 5.02 Å². The number of oxime groups is 1. The van der Waals surface area contributed by atoms with Gasteiger partial charge in [0.05, 0.1) is 5.69 Å². The Bertz CT molecular complexity index is 1310. The number of hydrogen-bond donors (Lipinski definition) is 0. The predicted octanol–water partition coefficient (Wildman–Crippen LogP) is 7.63. The molecule has 2 heterocycles. The molecule has 2 atom stereocenters. The maximum absolute atomic E-state index is 6.48. The zero-order valence-corrected chi connectivity index (χ0v) is 19.3. The van der Waals surface area contributed by atoms with Gasteiger partial charge in [0.2, 0.25) is 5.72 Å². The standard InChI is InChI=1S/C28H21ClN2OS/c29-23-17-15-22(16-18-23)28-19-26(20-9-3-1-4-10-20)33-25-14-8-7-13-24(25)31(28)27(30-32-28)21-11-5-2-6-12-21/h1-18,26H,19H2/t26-,28-/m0/s1. The lowest BCUT2D eigenvalue weighted by Gasteiger charge is -2.37. The van der Waals surface area contributed by atoms with Gasteiger partial charge >= 0.3 is 0 Å². The number of benzene rings is 4. The van der Waals surface area contributed by atoms with Gasteiger partial charge in [-0.1, -0.05) is 102 Å². The predicted molar refractivity (Wildman–Crippen MR) is 136 cm³/mol. The van der Waals surface area contributed by atoms with E-state index in [0.717, 1.165) is 29.1 Å². The largest absolute Gasteiger partial charge is 0.360 e. The minimum absolute atomic E-state index is 0.179. The van der Waals surface area contributed by atoms with Gasteiger partial charge in [0.15, 0.2) is 5.84 Å². The second-order valence-electron chi connectivity index (χ2n) is 8.19. The van der Waals surface area contributed by atoms with Gasteiger partial charge in [-0.2, -0.15) is 0 Å². The first-order valence-electron chi connectivity index (χ1n) is 10.9. The highest BCUT2D eigenvalue weighted by Crippen LogP contribution is 2.56. The van der Waals surface area contributed by atoms with E-state index in [4.69, 9.17) is 21.6 Å². The third-order valence-electron chi connectivity index (χ3n) is 6.19. The van der Waals surface area contributed by atoms with Crippen LogP contribution in [-0.2, 0) is 10.6 Å². The number of anilines is 1. The summed E-state index contributed by atoms with van der Waals surface area (Å²) in [4.78, 5) is 9.96. The summed E-state index contributed by atoms with van der Waals surface area (Å²) in [6.07, 6.45) is 0.720. The summed E-state index contributed by atoms with van der Waals surface area (Å²) in [6, 6.07) is 37.4. The Kier molecular flexibility index (Phi) is 5.12. The second-order valence-corrected chi connectivity index (χ2v) is 9.87. The first-order valence-corrected chi connectivity index (χ1v) is 12.2. The average molecular weight is 469 g/mol. The molecule has 0 radical (unpaired) electrons. The fraction of sp³-hybridized carbons (Fsp3) is 0.107. The number of thioether (sulfide) groups is 1. The van der Waals surface area contributed by atoms with Gasteiger partial charge in [-0.05, 0) is 29.8 Å². The first-order chi connectivity index (χ1) is 16.2. The van der Waals surface area contributed by atoms with Gasteiger partial charge in [0, 0.05) is 32.7 Å². The van der Waals surface area contributed by atoms with Crippen LogP contribution in [0.3, 0.4) is 0 Å². The first kappa shape index (κ1) is 20.4. The molecule has 2 aliphatic heterocycles. The molecule has 162 valence electrons. The number of halogens is 1. The van der Waals surface area contributed by atoms with Crippen LogP contribution in [0.4, 0.5) is 5.69 Å². The summed E-state index contributed by atoms with van der Waals surface area (Å²) in [5.41, 5.74) is 3.61. The van der Waals surface area contributed by atoms with Crippen molar-refractivity contribution in [1.82, 2.24) is 0 Å². The molecule has 2 aliphatic rings. The lowest BCUT2D eigenvalue weighted by Crippen LogP contribution is -2.47. The van der Waals surface area contributed by atoms with E-state index in [0.29, 0.717) is 5.02 Å². The number of nitrogens with zero attached hydrogens (tertiary/aromatic N) is 2. The Morgan fingerprint density at radius 2 is 1.48 bits per heavy atom. The minimum atomic E-state index is -0.796. The van der Waals surface area contributed by atoms with Crippen molar-refractivity contribution in [2.24, 2.45) is 5.16 Å². The van der Waals surface area contributed by atoms with Crippen molar-refractivity contribution in [3.8, 4) is 0 Å². The molecule has 3 nitrogen and oxygen atoms in total. The number of hydrogen-bond acceptors (Lipinski definition) is 4. The lowest BCUT2D eigenvalue weighted by molar-refractivity contribution is -0.0283. The SMILES string of the molecule is Clc1ccc([C@@]23C[C@@H](c4ccccc4)Sc4ccccc4N2C(c2ccccc2)=NO3)cc1. The molecule has 33 heavy (non-hydrogen) atoms. The van der Waals surface area contributed by atoms with Crippen molar-refractivity contribution >= 4 is 34.9 Å². The number of rotatable bonds is 3. The molecule has 4 aromatic carbocycles. The smallest absolute Gasteiger partial charge is 0.242 e. The molecule has 0 unspecified atom stereocenters. The highest BCUT2D eigenvalue weighted by Gasteiger charge is 2.52. The van der Waals surface area contributed by atoms with E-state index < -0.39 is 5.72 Å².